The van der Waals surface area contributed by atoms with Gasteiger partial charge in [-0.3, -0.25) is 9.59 Å². The number of H-pyrrole nitrogens is 1. The van der Waals surface area contributed by atoms with Gasteiger partial charge in [0.2, 0.25) is 15.8 Å². The Labute approximate surface area is 163 Å². The van der Waals surface area contributed by atoms with Crippen molar-refractivity contribution in [2.24, 2.45) is 0 Å². The van der Waals surface area contributed by atoms with Crippen molar-refractivity contribution in [2.45, 2.75) is 11.8 Å². The number of para-hydroxylation sites is 1. The topological polar surface area (TPSA) is 96.5 Å². The molecule has 0 aliphatic heterocycles. The third kappa shape index (κ3) is 4.13. The van der Waals surface area contributed by atoms with E-state index in [9.17, 15) is 18.0 Å². The molecule has 0 aliphatic rings. The van der Waals surface area contributed by atoms with Gasteiger partial charge >= 0.3 is 5.97 Å². The first-order valence-corrected chi connectivity index (χ1v) is 10.0. The molecular weight excluding hydrogens is 380 g/mol. The average Bonchev–Trinajstić information content (AvgIpc) is 3.10. The summed E-state index contributed by atoms with van der Waals surface area (Å²) in [5.41, 5.74) is 2.15. The quantitative estimate of drug-likeness (QED) is 0.486. The first kappa shape index (κ1) is 19.8. The molecule has 3 aromatic rings. The van der Waals surface area contributed by atoms with Crippen molar-refractivity contribution in [2.75, 3.05) is 20.2 Å². The van der Waals surface area contributed by atoms with Crippen LogP contribution in [0.15, 0.2) is 59.6 Å². The lowest BCUT2D eigenvalue weighted by Crippen LogP contribution is -2.33. The normalized spacial score (nSPS) is 11.7. The Bertz CT molecular complexity index is 1120. The second-order valence-corrected chi connectivity index (χ2v) is 8.45. The molecule has 1 heterocycles. The minimum absolute atomic E-state index is 0.0864. The number of nitrogens with one attached hydrogen (secondary N) is 1. The maximum atomic E-state index is 12.5. The fourth-order valence-electron chi connectivity index (χ4n) is 2.73. The van der Waals surface area contributed by atoms with Gasteiger partial charge in [0.05, 0.1) is 4.90 Å². The van der Waals surface area contributed by atoms with Crippen LogP contribution >= 0.6 is 0 Å². The number of hydrogen-bond donors (Lipinski definition) is 1. The van der Waals surface area contributed by atoms with Crippen molar-refractivity contribution in [3.05, 3.63) is 65.9 Å². The summed E-state index contributed by atoms with van der Waals surface area (Å²) in [5, 5.41) is 0.739. The third-order valence-electron chi connectivity index (χ3n) is 4.33. The van der Waals surface area contributed by atoms with Gasteiger partial charge in [0.25, 0.3) is 0 Å². The molecule has 0 saturated heterocycles. The highest BCUT2D eigenvalue weighted by atomic mass is 32.2. The van der Waals surface area contributed by atoms with Crippen molar-refractivity contribution in [1.29, 1.82) is 0 Å². The Kier molecular flexibility index (Phi) is 5.62. The first-order chi connectivity index (χ1) is 13.3. The zero-order valence-electron chi connectivity index (χ0n) is 15.5. The number of sulfonamides is 1. The number of rotatable bonds is 7. The van der Waals surface area contributed by atoms with E-state index < -0.39 is 29.1 Å². The summed E-state index contributed by atoms with van der Waals surface area (Å²) in [5.74, 6) is -1.17. The minimum atomic E-state index is -3.82. The molecule has 0 radical (unpaired) electrons. The molecule has 1 aromatic heterocycles. The summed E-state index contributed by atoms with van der Waals surface area (Å²) in [6.07, 6.45) is 1.56. The number of Topliss-reactive ketones (excluding diaryl/α,β-unsaturated/α-hetero) is 1. The van der Waals surface area contributed by atoms with Crippen LogP contribution in [0.2, 0.25) is 0 Å². The number of ketones is 1. The molecule has 2 aromatic carbocycles. The monoisotopic (exact) mass is 400 g/mol. The van der Waals surface area contributed by atoms with Crippen LogP contribution in [0.25, 0.3) is 10.9 Å². The Morgan fingerprint density at radius 2 is 1.75 bits per heavy atom. The number of esters is 1. The van der Waals surface area contributed by atoms with Crippen LogP contribution in [-0.2, 0) is 19.6 Å². The van der Waals surface area contributed by atoms with E-state index in [0.29, 0.717) is 5.56 Å². The molecule has 0 atom stereocenters. The zero-order valence-corrected chi connectivity index (χ0v) is 16.3. The molecule has 146 valence electrons. The van der Waals surface area contributed by atoms with Crippen molar-refractivity contribution in [1.82, 2.24) is 9.29 Å². The summed E-state index contributed by atoms with van der Waals surface area (Å²) in [6.45, 7) is 0.901. The number of nitrogens with zero attached hydrogens (tertiary/aromatic N) is 1. The molecule has 0 spiro atoms. The molecule has 0 saturated carbocycles. The molecule has 0 fully saturated rings. The Morgan fingerprint density at radius 1 is 1.07 bits per heavy atom. The van der Waals surface area contributed by atoms with Gasteiger partial charge in [-0.25, -0.2) is 8.42 Å². The molecule has 8 heteroatoms. The predicted molar refractivity (Wildman–Crippen MR) is 105 cm³/mol. The van der Waals surface area contributed by atoms with E-state index in [0.717, 1.165) is 20.8 Å². The van der Waals surface area contributed by atoms with E-state index in [4.69, 9.17) is 4.74 Å². The number of carbonyl (C=O) groups excluding carboxylic acids is 2. The highest BCUT2D eigenvalue weighted by Crippen LogP contribution is 2.18. The maximum absolute atomic E-state index is 12.5. The van der Waals surface area contributed by atoms with E-state index in [2.05, 4.69) is 4.98 Å². The van der Waals surface area contributed by atoms with Gasteiger partial charge in [-0.2, -0.15) is 4.31 Å². The van der Waals surface area contributed by atoms with Gasteiger partial charge in [-0.1, -0.05) is 35.9 Å². The number of carbonyl (C=O) groups is 2. The highest BCUT2D eigenvalue weighted by molar-refractivity contribution is 7.89. The smallest absolute Gasteiger partial charge is 0.321 e. The lowest BCUT2D eigenvalue weighted by atomic mass is 10.1. The molecular formula is C20H20N2O5S. The average molecular weight is 400 g/mol. The van der Waals surface area contributed by atoms with Gasteiger partial charge in [0.1, 0.15) is 6.54 Å². The molecule has 7 nitrogen and oxygen atoms in total. The van der Waals surface area contributed by atoms with Crippen LogP contribution in [0.4, 0.5) is 0 Å². The van der Waals surface area contributed by atoms with E-state index in [1.165, 1.54) is 19.2 Å². The van der Waals surface area contributed by atoms with E-state index in [1.54, 1.807) is 24.4 Å². The zero-order chi connectivity index (χ0) is 20.3. The molecule has 3 rings (SSSR count). The van der Waals surface area contributed by atoms with Gasteiger partial charge in [0, 0.05) is 29.7 Å². The van der Waals surface area contributed by atoms with Gasteiger partial charge in [-0.05, 0) is 25.1 Å². The largest absolute Gasteiger partial charge is 0.456 e. The van der Waals surface area contributed by atoms with Crippen LogP contribution in [0.5, 0.6) is 0 Å². The van der Waals surface area contributed by atoms with Crippen molar-refractivity contribution < 1.29 is 22.7 Å². The highest BCUT2D eigenvalue weighted by Gasteiger charge is 2.24. The van der Waals surface area contributed by atoms with Gasteiger partial charge in [0.15, 0.2) is 6.61 Å². The second kappa shape index (κ2) is 7.95. The number of likely N-dealkylation sites (N-methyl/N-ethyl adjacent to an activating group) is 1. The fraction of sp³-hybridized carbons (Fsp3) is 0.200. The second-order valence-electron chi connectivity index (χ2n) is 6.41. The lowest BCUT2D eigenvalue weighted by molar-refractivity contribution is -0.142. The molecule has 28 heavy (non-hydrogen) atoms. The number of aromatic amines is 1. The predicted octanol–water partition coefficient (Wildman–Crippen LogP) is 2.52. The molecule has 0 bridgehead atoms. The number of fused-ring (bicyclic) bond motifs is 1. The van der Waals surface area contributed by atoms with Crippen molar-refractivity contribution >= 4 is 32.7 Å². The molecule has 0 unspecified atom stereocenters. The van der Waals surface area contributed by atoms with Crippen LogP contribution < -0.4 is 0 Å². The maximum Gasteiger partial charge on any atom is 0.321 e. The first-order valence-electron chi connectivity index (χ1n) is 8.57. The van der Waals surface area contributed by atoms with E-state index in [-0.39, 0.29) is 10.7 Å². The van der Waals surface area contributed by atoms with Crippen LogP contribution in [0.1, 0.15) is 15.9 Å². The van der Waals surface area contributed by atoms with Crippen LogP contribution in [-0.4, -0.2) is 49.7 Å². The summed E-state index contributed by atoms with van der Waals surface area (Å²) >= 11 is 0. The number of hydrogen-bond acceptors (Lipinski definition) is 5. The number of aromatic nitrogens is 1. The molecule has 0 amide bonds. The van der Waals surface area contributed by atoms with Gasteiger partial charge < -0.3 is 9.72 Å². The number of benzene rings is 2. The van der Waals surface area contributed by atoms with Gasteiger partial charge in [-0.15, -0.1) is 0 Å². The van der Waals surface area contributed by atoms with E-state index in [1.807, 2.05) is 25.1 Å². The minimum Gasteiger partial charge on any atom is -0.456 e. The summed E-state index contributed by atoms with van der Waals surface area (Å²) in [6, 6.07) is 13.6. The Hall–Kier alpha value is -2.97. The summed E-state index contributed by atoms with van der Waals surface area (Å²) in [4.78, 5) is 27.4. The Balaban J connectivity index is 1.60. The number of ether oxygens (including phenoxy) is 1. The summed E-state index contributed by atoms with van der Waals surface area (Å²) < 4.78 is 30.9. The van der Waals surface area contributed by atoms with Crippen LogP contribution in [0.3, 0.4) is 0 Å². The standard InChI is InChI=1S/C20H20N2O5S/c1-14-7-9-15(10-8-14)28(25,26)22(2)12-20(24)27-13-19(23)17-11-21-18-6-4-3-5-16(17)18/h3-11,21H,12-13H2,1-2H3. The third-order valence-corrected chi connectivity index (χ3v) is 6.15. The lowest BCUT2D eigenvalue weighted by Gasteiger charge is -2.16. The summed E-state index contributed by atoms with van der Waals surface area (Å²) in [7, 11) is -2.53. The van der Waals surface area contributed by atoms with Crippen molar-refractivity contribution in [3.63, 3.8) is 0 Å². The molecule has 0 aliphatic carbocycles. The van der Waals surface area contributed by atoms with E-state index >= 15 is 0 Å². The Morgan fingerprint density at radius 3 is 2.46 bits per heavy atom. The molecule has 1 N–H and O–H groups in total. The van der Waals surface area contributed by atoms with Crippen LogP contribution in [0, 0.1) is 6.92 Å². The van der Waals surface area contributed by atoms with Crippen molar-refractivity contribution in [3.8, 4) is 0 Å². The number of aryl methyl sites for hydroxylation is 1. The SMILES string of the molecule is Cc1ccc(S(=O)(=O)N(C)CC(=O)OCC(=O)c2c[nH]c3ccccc23)cc1. The fourth-order valence-corrected chi connectivity index (χ4v) is 3.84.